The lowest BCUT2D eigenvalue weighted by molar-refractivity contribution is -0.142. The van der Waals surface area contributed by atoms with E-state index in [4.69, 9.17) is 14.2 Å². The predicted molar refractivity (Wildman–Crippen MR) is 106 cm³/mol. The second kappa shape index (κ2) is 14.6. The van der Waals surface area contributed by atoms with Crippen molar-refractivity contribution in [1.82, 2.24) is 0 Å². The first-order valence-corrected chi connectivity index (χ1v) is 10.7. The van der Waals surface area contributed by atoms with Crippen molar-refractivity contribution in [3.63, 3.8) is 0 Å². The zero-order valence-electron chi connectivity index (χ0n) is 17.1. The number of rotatable bonds is 16. The van der Waals surface area contributed by atoms with Crippen LogP contribution in [0.2, 0.25) is 0 Å². The first-order valence-electron chi connectivity index (χ1n) is 10.7. The fourth-order valence-electron chi connectivity index (χ4n) is 3.25. The van der Waals surface area contributed by atoms with Crippen LogP contribution in [0.3, 0.4) is 0 Å². The lowest BCUT2D eigenvalue weighted by Gasteiger charge is -2.16. The highest BCUT2D eigenvalue weighted by molar-refractivity contribution is 4.76. The van der Waals surface area contributed by atoms with Crippen molar-refractivity contribution in [3.8, 4) is 0 Å². The van der Waals surface area contributed by atoms with Crippen LogP contribution < -0.4 is 0 Å². The minimum atomic E-state index is -0.452. The molecular formula is C22H42O3. The van der Waals surface area contributed by atoms with E-state index in [-0.39, 0.29) is 6.10 Å². The molecule has 1 aliphatic rings. The molecule has 0 amide bonds. The van der Waals surface area contributed by atoms with E-state index in [9.17, 15) is 0 Å². The summed E-state index contributed by atoms with van der Waals surface area (Å²) in [6.45, 7) is 7.37. The van der Waals surface area contributed by atoms with Crippen molar-refractivity contribution in [2.75, 3.05) is 13.2 Å². The Balaban J connectivity index is 1.76. The second-order valence-corrected chi connectivity index (χ2v) is 7.83. The molecule has 0 saturated carbocycles. The van der Waals surface area contributed by atoms with E-state index in [0.29, 0.717) is 13.2 Å². The summed E-state index contributed by atoms with van der Waals surface area (Å²) < 4.78 is 16.7. The van der Waals surface area contributed by atoms with Crippen molar-refractivity contribution in [1.29, 1.82) is 0 Å². The Morgan fingerprint density at radius 2 is 1.44 bits per heavy atom. The molecule has 0 radical (unpaired) electrons. The first-order chi connectivity index (χ1) is 12.1. The van der Waals surface area contributed by atoms with Crippen LogP contribution in [0, 0.1) is 0 Å². The third-order valence-corrected chi connectivity index (χ3v) is 4.77. The molecule has 3 nitrogen and oxygen atoms in total. The van der Waals surface area contributed by atoms with Crippen molar-refractivity contribution in [2.45, 2.75) is 116 Å². The molecule has 0 aromatic rings. The molecule has 1 unspecified atom stereocenters. The summed E-state index contributed by atoms with van der Waals surface area (Å²) in [6, 6.07) is 0. The van der Waals surface area contributed by atoms with Gasteiger partial charge in [-0.25, -0.2) is 0 Å². The van der Waals surface area contributed by atoms with Crippen LogP contribution >= 0.6 is 0 Å². The van der Waals surface area contributed by atoms with Crippen LogP contribution in [0.1, 0.15) is 104 Å². The van der Waals surface area contributed by atoms with E-state index in [1.807, 2.05) is 20.1 Å². The van der Waals surface area contributed by atoms with E-state index in [1.165, 1.54) is 77.0 Å². The Kier molecular flexibility index (Phi) is 13.2. The zero-order valence-corrected chi connectivity index (χ0v) is 17.1. The number of unbranched alkanes of at least 4 members (excludes halogenated alkanes) is 12. The number of hydrogen-bond acceptors (Lipinski definition) is 3. The lowest BCUT2D eigenvalue weighted by Crippen LogP contribution is -2.23. The minimum absolute atomic E-state index is 0.0614. The van der Waals surface area contributed by atoms with Crippen molar-refractivity contribution >= 4 is 0 Å². The van der Waals surface area contributed by atoms with Gasteiger partial charge in [-0.1, -0.05) is 77.6 Å². The van der Waals surface area contributed by atoms with Crippen LogP contribution in [-0.4, -0.2) is 25.1 Å². The average Bonchev–Trinajstić information content (AvgIpc) is 2.93. The standard InChI is InChI=1S/C22H42O3/c1-4-5-6-7-8-9-10-11-12-13-14-15-16-17-18-23-19-21-20-24-22(2,3)25-21/h17-18,21H,4-16,19-20H2,1-3H3. The zero-order chi connectivity index (χ0) is 18.2. The van der Waals surface area contributed by atoms with E-state index < -0.39 is 5.79 Å². The Labute approximate surface area is 156 Å². The largest absolute Gasteiger partial charge is 0.499 e. The van der Waals surface area contributed by atoms with Crippen LogP contribution in [0.15, 0.2) is 12.3 Å². The van der Waals surface area contributed by atoms with Gasteiger partial charge in [-0.3, -0.25) is 0 Å². The fourth-order valence-corrected chi connectivity index (χ4v) is 3.25. The minimum Gasteiger partial charge on any atom is -0.499 e. The highest BCUT2D eigenvalue weighted by atomic mass is 16.7. The summed E-state index contributed by atoms with van der Waals surface area (Å²) in [5.41, 5.74) is 0. The fraction of sp³-hybridized carbons (Fsp3) is 0.909. The topological polar surface area (TPSA) is 27.7 Å². The van der Waals surface area contributed by atoms with Crippen LogP contribution in [0.25, 0.3) is 0 Å². The summed E-state index contributed by atoms with van der Waals surface area (Å²) in [6.07, 6.45) is 21.9. The van der Waals surface area contributed by atoms with Crippen molar-refractivity contribution in [3.05, 3.63) is 12.3 Å². The maximum atomic E-state index is 5.69. The Hall–Kier alpha value is -0.540. The normalized spacial score (nSPS) is 19.7. The molecule has 1 aliphatic heterocycles. The molecule has 0 aliphatic carbocycles. The maximum Gasteiger partial charge on any atom is 0.163 e. The van der Waals surface area contributed by atoms with Gasteiger partial charge in [0.25, 0.3) is 0 Å². The monoisotopic (exact) mass is 354 g/mol. The summed E-state index contributed by atoms with van der Waals surface area (Å²) >= 11 is 0. The van der Waals surface area contributed by atoms with E-state index in [0.717, 1.165) is 6.42 Å². The van der Waals surface area contributed by atoms with E-state index >= 15 is 0 Å². The predicted octanol–water partition coefficient (Wildman–Crippen LogP) is 6.76. The summed E-state index contributed by atoms with van der Waals surface area (Å²) in [5, 5.41) is 0. The summed E-state index contributed by atoms with van der Waals surface area (Å²) in [7, 11) is 0. The van der Waals surface area contributed by atoms with Gasteiger partial charge in [0.05, 0.1) is 12.9 Å². The third-order valence-electron chi connectivity index (χ3n) is 4.77. The number of hydrogen-bond donors (Lipinski definition) is 0. The quantitative estimate of drug-likeness (QED) is 0.226. The molecule has 1 saturated heterocycles. The first kappa shape index (κ1) is 22.5. The third kappa shape index (κ3) is 13.3. The smallest absolute Gasteiger partial charge is 0.163 e. The van der Waals surface area contributed by atoms with E-state index in [2.05, 4.69) is 13.0 Å². The molecule has 0 aromatic carbocycles. The molecule has 0 bridgehead atoms. The van der Waals surface area contributed by atoms with Crippen LogP contribution in [0.5, 0.6) is 0 Å². The van der Waals surface area contributed by atoms with Gasteiger partial charge in [-0.15, -0.1) is 0 Å². The molecule has 148 valence electrons. The van der Waals surface area contributed by atoms with Gasteiger partial charge in [0.1, 0.15) is 12.7 Å². The molecule has 1 rings (SSSR count). The van der Waals surface area contributed by atoms with Gasteiger partial charge < -0.3 is 14.2 Å². The molecule has 3 heteroatoms. The highest BCUT2D eigenvalue weighted by Crippen LogP contribution is 2.22. The van der Waals surface area contributed by atoms with Gasteiger partial charge in [-0.05, 0) is 32.8 Å². The Morgan fingerprint density at radius 1 is 0.880 bits per heavy atom. The summed E-state index contributed by atoms with van der Waals surface area (Å²) in [5.74, 6) is -0.452. The SMILES string of the molecule is CCCCCCCCCCCCCCC=COCC1COC(C)(C)O1. The average molecular weight is 355 g/mol. The molecule has 0 aromatic heterocycles. The molecule has 0 spiro atoms. The van der Waals surface area contributed by atoms with Crippen LogP contribution in [-0.2, 0) is 14.2 Å². The van der Waals surface area contributed by atoms with Crippen molar-refractivity contribution < 1.29 is 14.2 Å². The number of allylic oxidation sites excluding steroid dienone is 1. The summed E-state index contributed by atoms with van der Waals surface area (Å²) in [4.78, 5) is 0. The van der Waals surface area contributed by atoms with Gasteiger partial charge in [0.2, 0.25) is 0 Å². The van der Waals surface area contributed by atoms with Crippen LogP contribution in [0.4, 0.5) is 0 Å². The molecule has 25 heavy (non-hydrogen) atoms. The van der Waals surface area contributed by atoms with E-state index in [1.54, 1.807) is 0 Å². The van der Waals surface area contributed by atoms with Gasteiger partial charge >= 0.3 is 0 Å². The second-order valence-electron chi connectivity index (χ2n) is 7.83. The molecular weight excluding hydrogens is 312 g/mol. The number of ether oxygens (including phenoxy) is 3. The Bertz CT molecular complexity index is 325. The van der Waals surface area contributed by atoms with Gasteiger partial charge in [0.15, 0.2) is 5.79 Å². The molecule has 0 N–H and O–H groups in total. The molecule has 1 atom stereocenters. The van der Waals surface area contributed by atoms with Crippen molar-refractivity contribution in [2.24, 2.45) is 0 Å². The Morgan fingerprint density at radius 3 is 1.96 bits per heavy atom. The molecule has 1 fully saturated rings. The van der Waals surface area contributed by atoms with Gasteiger partial charge in [0, 0.05) is 0 Å². The molecule has 1 heterocycles. The lowest BCUT2D eigenvalue weighted by atomic mass is 10.0. The maximum absolute atomic E-state index is 5.69. The van der Waals surface area contributed by atoms with Gasteiger partial charge in [-0.2, -0.15) is 0 Å². The highest BCUT2D eigenvalue weighted by Gasteiger charge is 2.32.